The fourth-order valence-corrected chi connectivity index (χ4v) is 4.40. The predicted octanol–water partition coefficient (Wildman–Crippen LogP) is 6.75. The summed E-state index contributed by atoms with van der Waals surface area (Å²) in [5.74, 6) is -0.604. The van der Waals surface area contributed by atoms with E-state index in [9.17, 15) is 36.2 Å². The average Bonchev–Trinajstić information content (AvgIpc) is 3.39. The summed E-state index contributed by atoms with van der Waals surface area (Å²) in [5, 5.41) is 11.1. The summed E-state index contributed by atoms with van der Waals surface area (Å²) in [7, 11) is 0. The second-order valence-electron chi connectivity index (χ2n) is 8.94. The first kappa shape index (κ1) is 26.1. The molecule has 39 heavy (non-hydrogen) atoms. The van der Waals surface area contributed by atoms with E-state index >= 15 is 0 Å². The average molecular weight is 543 g/mol. The number of hydrogen-bond acceptors (Lipinski definition) is 3. The lowest BCUT2D eigenvalue weighted by molar-refractivity contribution is -0.143. The number of para-hydroxylation sites is 1. The number of rotatable bonds is 5. The molecule has 11 heteroatoms. The van der Waals surface area contributed by atoms with E-state index in [1.807, 2.05) is 0 Å². The van der Waals surface area contributed by atoms with Crippen LogP contribution in [-0.2, 0) is 25.4 Å². The van der Waals surface area contributed by atoms with Gasteiger partial charge in [0, 0.05) is 17.4 Å². The molecule has 5 nitrogen and oxygen atoms in total. The van der Waals surface area contributed by atoms with Gasteiger partial charge in [0.2, 0.25) is 5.88 Å². The second kappa shape index (κ2) is 9.64. The fourth-order valence-electron chi connectivity index (χ4n) is 4.40. The predicted molar refractivity (Wildman–Crippen MR) is 134 cm³/mol. The SMILES string of the molecule is O=c1n(Cc2cc(C(F)(F)F)cc(C(F)(F)F)c2)c(O)c(/C=C2\C=Nc3ccccc32)n1Cc1ccccc1. The Balaban J connectivity index is 1.65. The largest absolute Gasteiger partial charge is 0.493 e. The number of aromatic nitrogens is 2. The molecule has 1 N–H and O–H groups in total. The van der Waals surface area contributed by atoms with Crippen LogP contribution in [0.5, 0.6) is 5.88 Å². The quantitative estimate of drug-likeness (QED) is 0.283. The van der Waals surface area contributed by atoms with Crippen molar-refractivity contribution < 1.29 is 31.4 Å². The first-order valence-electron chi connectivity index (χ1n) is 11.6. The summed E-state index contributed by atoms with van der Waals surface area (Å²) < 4.78 is 82.3. The highest BCUT2D eigenvalue weighted by atomic mass is 19.4. The number of hydrogen-bond donors (Lipinski definition) is 1. The minimum Gasteiger partial charge on any atom is -0.493 e. The lowest BCUT2D eigenvalue weighted by Gasteiger charge is -2.14. The van der Waals surface area contributed by atoms with Gasteiger partial charge in [-0.25, -0.2) is 4.79 Å². The van der Waals surface area contributed by atoms with Gasteiger partial charge < -0.3 is 5.11 Å². The minimum atomic E-state index is -5.05. The van der Waals surface area contributed by atoms with Crippen LogP contribution < -0.4 is 5.69 Å². The molecule has 1 aromatic heterocycles. The Morgan fingerprint density at radius 1 is 0.769 bits per heavy atom. The van der Waals surface area contributed by atoms with E-state index in [0.717, 1.165) is 10.1 Å². The normalized spacial score (nSPS) is 14.3. The van der Waals surface area contributed by atoms with Gasteiger partial charge in [-0.3, -0.25) is 14.1 Å². The molecule has 0 fully saturated rings. The van der Waals surface area contributed by atoms with Crippen molar-refractivity contribution in [1.82, 2.24) is 9.13 Å². The van der Waals surface area contributed by atoms with E-state index < -0.39 is 47.2 Å². The van der Waals surface area contributed by atoms with Crippen LogP contribution in [0.4, 0.5) is 32.0 Å². The zero-order valence-electron chi connectivity index (χ0n) is 20.0. The van der Waals surface area contributed by atoms with Crippen molar-refractivity contribution in [1.29, 1.82) is 0 Å². The molecule has 0 aliphatic carbocycles. The Morgan fingerprint density at radius 2 is 1.36 bits per heavy atom. The van der Waals surface area contributed by atoms with Crippen molar-refractivity contribution in [2.45, 2.75) is 25.4 Å². The lowest BCUT2D eigenvalue weighted by Crippen LogP contribution is -2.26. The Labute approximate surface area is 217 Å². The lowest BCUT2D eigenvalue weighted by atomic mass is 10.0. The van der Waals surface area contributed by atoms with E-state index in [1.54, 1.807) is 60.8 Å². The van der Waals surface area contributed by atoms with E-state index in [1.165, 1.54) is 10.6 Å². The minimum absolute atomic E-state index is 0.00543. The van der Waals surface area contributed by atoms with Gasteiger partial charge in [-0.05, 0) is 41.5 Å². The number of imidazole rings is 1. The number of aromatic hydroxyl groups is 1. The number of alkyl halides is 6. The summed E-state index contributed by atoms with van der Waals surface area (Å²) in [6, 6.07) is 17.0. The Morgan fingerprint density at radius 3 is 2.00 bits per heavy atom. The van der Waals surface area contributed by atoms with Crippen molar-refractivity contribution in [2.75, 3.05) is 0 Å². The van der Waals surface area contributed by atoms with E-state index in [0.29, 0.717) is 29.0 Å². The highest BCUT2D eigenvalue weighted by molar-refractivity contribution is 6.21. The molecule has 200 valence electrons. The van der Waals surface area contributed by atoms with Crippen molar-refractivity contribution in [3.63, 3.8) is 0 Å². The second-order valence-corrected chi connectivity index (χ2v) is 8.94. The number of benzene rings is 3. The molecule has 3 aromatic carbocycles. The molecule has 5 rings (SSSR count). The number of allylic oxidation sites excluding steroid dienone is 1. The van der Waals surface area contributed by atoms with E-state index in [-0.39, 0.29) is 18.3 Å². The van der Waals surface area contributed by atoms with Crippen LogP contribution in [0.15, 0.2) is 82.6 Å². The first-order chi connectivity index (χ1) is 18.4. The Bertz CT molecular complexity index is 1630. The first-order valence-corrected chi connectivity index (χ1v) is 11.6. The maximum atomic E-state index is 13.5. The van der Waals surface area contributed by atoms with Crippen LogP contribution in [0.25, 0.3) is 11.6 Å². The third-order valence-electron chi connectivity index (χ3n) is 6.26. The van der Waals surface area contributed by atoms with Crippen molar-refractivity contribution >= 4 is 23.6 Å². The third-order valence-corrected chi connectivity index (χ3v) is 6.26. The van der Waals surface area contributed by atoms with Crippen molar-refractivity contribution in [3.05, 3.63) is 117 Å². The van der Waals surface area contributed by atoms with Crippen LogP contribution in [0.3, 0.4) is 0 Å². The maximum absolute atomic E-state index is 13.5. The molecule has 4 aromatic rings. The molecule has 2 heterocycles. The molecule has 0 spiro atoms. The number of halogens is 6. The highest BCUT2D eigenvalue weighted by Gasteiger charge is 2.37. The van der Waals surface area contributed by atoms with E-state index in [2.05, 4.69) is 4.99 Å². The van der Waals surface area contributed by atoms with Crippen molar-refractivity contribution in [2.24, 2.45) is 4.99 Å². The third kappa shape index (κ3) is 5.25. The van der Waals surface area contributed by atoms with Crippen LogP contribution in [0, 0.1) is 0 Å². The van der Waals surface area contributed by atoms with Gasteiger partial charge in [-0.2, -0.15) is 26.3 Å². The van der Waals surface area contributed by atoms with Crippen molar-refractivity contribution in [3.8, 4) is 5.88 Å². The van der Waals surface area contributed by atoms with Crippen LogP contribution in [0.2, 0.25) is 0 Å². The topological polar surface area (TPSA) is 59.5 Å². The molecule has 1 aliphatic rings. The molecule has 1 aliphatic heterocycles. The number of aliphatic imine (C=N–C) groups is 1. The molecule has 0 radical (unpaired) electrons. The Kier molecular flexibility index (Phi) is 6.45. The highest BCUT2D eigenvalue weighted by Crippen LogP contribution is 2.37. The zero-order valence-corrected chi connectivity index (χ0v) is 20.0. The molecular formula is C28H19F6N3O2. The van der Waals surface area contributed by atoms with Gasteiger partial charge in [-0.15, -0.1) is 0 Å². The molecule has 0 saturated carbocycles. The standard InChI is InChI=1S/C28H19F6N3O2/c29-27(30,31)20-10-18(11-21(13-20)28(32,33)34)16-37-25(38)24(12-19-14-35-23-9-5-4-8-22(19)23)36(26(37)39)15-17-6-2-1-3-7-17/h1-14,38H,15-16H2/b19-12+. The van der Waals surface area contributed by atoms with Gasteiger partial charge in [0.05, 0.1) is 29.9 Å². The molecule has 0 unspecified atom stereocenters. The molecule has 0 amide bonds. The Hall–Kier alpha value is -4.54. The monoisotopic (exact) mass is 543 g/mol. The summed E-state index contributed by atoms with van der Waals surface area (Å²) in [4.78, 5) is 17.8. The fraction of sp³-hybridized carbons (Fsp3) is 0.143. The van der Waals surface area contributed by atoms with Gasteiger partial charge in [0.1, 0.15) is 5.69 Å². The molecular weight excluding hydrogens is 524 g/mol. The van der Waals surface area contributed by atoms with Crippen LogP contribution in [0.1, 0.15) is 33.5 Å². The van der Waals surface area contributed by atoms with Crippen LogP contribution in [-0.4, -0.2) is 20.5 Å². The summed E-state index contributed by atoms with van der Waals surface area (Å²) in [5.41, 5.74) is -1.58. The molecule has 0 saturated heterocycles. The van der Waals surface area contributed by atoms with Gasteiger partial charge in [0.25, 0.3) is 0 Å². The molecule has 0 atom stereocenters. The van der Waals surface area contributed by atoms with Gasteiger partial charge in [-0.1, -0.05) is 48.5 Å². The maximum Gasteiger partial charge on any atom is 0.416 e. The summed E-state index contributed by atoms with van der Waals surface area (Å²) >= 11 is 0. The summed E-state index contributed by atoms with van der Waals surface area (Å²) in [6.07, 6.45) is -7.04. The summed E-state index contributed by atoms with van der Waals surface area (Å²) in [6.45, 7) is -0.727. The number of fused-ring (bicyclic) bond motifs is 1. The number of nitrogens with zero attached hydrogens (tertiary/aromatic N) is 3. The van der Waals surface area contributed by atoms with Gasteiger partial charge >= 0.3 is 18.0 Å². The van der Waals surface area contributed by atoms with Crippen LogP contribution >= 0.6 is 0 Å². The molecule has 0 bridgehead atoms. The van der Waals surface area contributed by atoms with Gasteiger partial charge in [0.15, 0.2) is 0 Å². The zero-order chi connectivity index (χ0) is 27.9. The smallest absolute Gasteiger partial charge is 0.416 e. The van der Waals surface area contributed by atoms with E-state index in [4.69, 9.17) is 0 Å².